The van der Waals surface area contributed by atoms with Gasteiger partial charge in [0.1, 0.15) is 0 Å². The molecule has 0 aromatic heterocycles. The van der Waals surface area contributed by atoms with Crippen molar-refractivity contribution < 1.29 is 4.79 Å². The van der Waals surface area contributed by atoms with Gasteiger partial charge >= 0.3 is 0 Å². The molecule has 1 aliphatic carbocycles. The quantitative estimate of drug-likeness (QED) is 0.513. The highest BCUT2D eigenvalue weighted by Gasteiger charge is 2.39. The van der Waals surface area contributed by atoms with Crippen LogP contribution in [0.2, 0.25) is 0 Å². The molecule has 0 saturated heterocycles. The van der Waals surface area contributed by atoms with Crippen LogP contribution in [-0.4, -0.2) is 17.6 Å². The van der Waals surface area contributed by atoms with Crippen molar-refractivity contribution in [1.82, 2.24) is 16.2 Å². The number of carbonyl (C=O) groups excluding carboxylic acids is 1. The maximum atomic E-state index is 11.4. The van der Waals surface area contributed by atoms with Crippen molar-refractivity contribution in [3.8, 4) is 0 Å². The van der Waals surface area contributed by atoms with Gasteiger partial charge in [-0.15, -0.1) is 0 Å². The van der Waals surface area contributed by atoms with E-state index in [9.17, 15) is 4.79 Å². The van der Waals surface area contributed by atoms with Gasteiger partial charge in [-0.1, -0.05) is 20.8 Å². The molecule has 5 heteroatoms. The van der Waals surface area contributed by atoms with Crippen LogP contribution in [0.5, 0.6) is 0 Å². The normalized spacial score (nSPS) is 22.8. The Morgan fingerprint density at radius 1 is 1.44 bits per heavy atom. The highest BCUT2D eigenvalue weighted by molar-refractivity contribution is 7.80. The van der Waals surface area contributed by atoms with E-state index in [1.165, 1.54) is 0 Å². The van der Waals surface area contributed by atoms with Crippen molar-refractivity contribution in [3.63, 3.8) is 0 Å². The highest BCUT2D eigenvalue weighted by Crippen LogP contribution is 2.37. The van der Waals surface area contributed by atoms with E-state index in [-0.39, 0.29) is 11.8 Å². The molecule has 0 aliphatic heterocycles. The number of rotatable bonds is 4. The fraction of sp³-hybridized carbons (Fsp3) is 0.818. The summed E-state index contributed by atoms with van der Waals surface area (Å²) in [6, 6.07) is 0. The number of carbonyl (C=O) groups is 1. The lowest BCUT2D eigenvalue weighted by Gasteiger charge is -2.12. The molecule has 2 atom stereocenters. The summed E-state index contributed by atoms with van der Waals surface area (Å²) in [5, 5.41) is 3.53. The summed E-state index contributed by atoms with van der Waals surface area (Å²) in [6.45, 7) is 7.23. The first-order valence-corrected chi connectivity index (χ1v) is 6.25. The Morgan fingerprint density at radius 3 is 2.56 bits per heavy atom. The SMILES string of the molecule is CC(C)CCNC(=S)NNC(=O)[C@H]1C[C@H]1C. The van der Waals surface area contributed by atoms with Gasteiger partial charge in [0, 0.05) is 12.5 Å². The number of hydrogen-bond donors (Lipinski definition) is 3. The Kier molecular flexibility index (Phi) is 4.99. The number of hydrogen-bond acceptors (Lipinski definition) is 2. The summed E-state index contributed by atoms with van der Waals surface area (Å²) in [6.07, 6.45) is 2.05. The molecule has 1 saturated carbocycles. The van der Waals surface area contributed by atoms with E-state index in [1.807, 2.05) is 0 Å². The first kappa shape index (κ1) is 13.2. The van der Waals surface area contributed by atoms with E-state index < -0.39 is 0 Å². The molecule has 4 nitrogen and oxygen atoms in total. The fourth-order valence-corrected chi connectivity index (χ4v) is 1.57. The van der Waals surface area contributed by atoms with Crippen LogP contribution in [0.3, 0.4) is 0 Å². The molecule has 0 radical (unpaired) electrons. The number of hydrazine groups is 1. The zero-order valence-electron chi connectivity index (χ0n) is 10.2. The molecule has 16 heavy (non-hydrogen) atoms. The van der Waals surface area contributed by atoms with Crippen molar-refractivity contribution >= 4 is 23.2 Å². The van der Waals surface area contributed by atoms with Crippen LogP contribution in [0.4, 0.5) is 0 Å². The lowest BCUT2D eigenvalue weighted by atomic mass is 10.1. The summed E-state index contributed by atoms with van der Waals surface area (Å²) in [5.41, 5.74) is 5.34. The van der Waals surface area contributed by atoms with E-state index in [4.69, 9.17) is 12.2 Å². The predicted molar refractivity (Wildman–Crippen MR) is 68.6 cm³/mol. The van der Waals surface area contributed by atoms with Crippen molar-refractivity contribution in [2.24, 2.45) is 17.8 Å². The Morgan fingerprint density at radius 2 is 2.06 bits per heavy atom. The number of thiocarbonyl (C=S) groups is 1. The van der Waals surface area contributed by atoms with Gasteiger partial charge in [0.05, 0.1) is 0 Å². The van der Waals surface area contributed by atoms with Crippen molar-refractivity contribution in [2.45, 2.75) is 33.6 Å². The highest BCUT2D eigenvalue weighted by atomic mass is 32.1. The molecule has 0 unspecified atom stereocenters. The Labute approximate surface area is 103 Å². The minimum atomic E-state index is 0.0421. The first-order chi connectivity index (χ1) is 7.50. The topological polar surface area (TPSA) is 53.2 Å². The average molecular weight is 243 g/mol. The van der Waals surface area contributed by atoms with Crippen molar-refractivity contribution in [2.75, 3.05) is 6.54 Å². The van der Waals surface area contributed by atoms with E-state index >= 15 is 0 Å². The van der Waals surface area contributed by atoms with Gasteiger partial charge in [0.25, 0.3) is 0 Å². The number of amides is 1. The summed E-state index contributed by atoms with van der Waals surface area (Å²) >= 11 is 5.02. The minimum absolute atomic E-state index is 0.0421. The molecular formula is C11H21N3OS. The third kappa shape index (κ3) is 4.79. The summed E-state index contributed by atoms with van der Waals surface area (Å²) in [5.74, 6) is 1.38. The van der Waals surface area contributed by atoms with Crippen molar-refractivity contribution in [3.05, 3.63) is 0 Å². The average Bonchev–Trinajstić information content (AvgIpc) is 2.91. The predicted octanol–water partition coefficient (Wildman–Crippen LogP) is 1.18. The molecule has 3 N–H and O–H groups in total. The smallest absolute Gasteiger partial charge is 0.241 e. The number of nitrogens with one attached hydrogen (secondary N) is 3. The largest absolute Gasteiger partial charge is 0.361 e. The molecule has 1 aliphatic rings. The lowest BCUT2D eigenvalue weighted by molar-refractivity contribution is -0.123. The second-order valence-electron chi connectivity index (χ2n) is 4.87. The van der Waals surface area contributed by atoms with Gasteiger partial charge in [-0.3, -0.25) is 15.6 Å². The fourth-order valence-electron chi connectivity index (χ4n) is 1.42. The molecule has 0 aromatic carbocycles. The van der Waals surface area contributed by atoms with Crippen LogP contribution in [0.25, 0.3) is 0 Å². The molecule has 0 heterocycles. The Bertz CT molecular complexity index is 268. The minimum Gasteiger partial charge on any atom is -0.361 e. The van der Waals surface area contributed by atoms with Gasteiger partial charge in [0.2, 0.25) is 5.91 Å². The summed E-state index contributed by atoms with van der Waals surface area (Å²) in [4.78, 5) is 11.4. The van der Waals surface area contributed by atoms with Crippen molar-refractivity contribution in [1.29, 1.82) is 0 Å². The molecule has 1 amide bonds. The molecule has 92 valence electrons. The van der Waals surface area contributed by atoms with Crippen LogP contribution >= 0.6 is 12.2 Å². The second kappa shape index (κ2) is 6.03. The van der Waals surface area contributed by atoms with E-state index in [0.717, 1.165) is 19.4 Å². The van der Waals surface area contributed by atoms with E-state index in [1.54, 1.807) is 0 Å². The maximum Gasteiger partial charge on any atom is 0.241 e. The van der Waals surface area contributed by atoms with Crippen LogP contribution in [0.15, 0.2) is 0 Å². The van der Waals surface area contributed by atoms with Crippen LogP contribution < -0.4 is 16.2 Å². The monoisotopic (exact) mass is 243 g/mol. The molecule has 1 fully saturated rings. The van der Waals surface area contributed by atoms with E-state index in [0.29, 0.717) is 16.9 Å². The molecule has 0 bridgehead atoms. The van der Waals surface area contributed by atoms with E-state index in [2.05, 4.69) is 36.9 Å². The van der Waals surface area contributed by atoms with Gasteiger partial charge in [0.15, 0.2) is 5.11 Å². The zero-order valence-corrected chi connectivity index (χ0v) is 11.0. The van der Waals surface area contributed by atoms with Gasteiger partial charge < -0.3 is 5.32 Å². The van der Waals surface area contributed by atoms with Gasteiger partial charge in [-0.05, 0) is 36.9 Å². The summed E-state index contributed by atoms with van der Waals surface area (Å²) < 4.78 is 0. The van der Waals surface area contributed by atoms with Gasteiger partial charge in [-0.25, -0.2) is 0 Å². The summed E-state index contributed by atoms with van der Waals surface area (Å²) in [7, 11) is 0. The molecule has 1 rings (SSSR count). The van der Waals surface area contributed by atoms with Crippen LogP contribution in [0.1, 0.15) is 33.6 Å². The standard InChI is InChI=1S/C11H21N3OS/c1-7(2)4-5-12-11(16)14-13-10(15)9-6-8(9)3/h7-9H,4-6H2,1-3H3,(H,13,15)(H2,12,14,16)/t8-,9+/m1/s1. The molecular weight excluding hydrogens is 222 g/mol. The second-order valence-corrected chi connectivity index (χ2v) is 5.28. The van der Waals surface area contributed by atoms with Crippen LogP contribution in [-0.2, 0) is 4.79 Å². The van der Waals surface area contributed by atoms with Gasteiger partial charge in [-0.2, -0.15) is 0 Å². The lowest BCUT2D eigenvalue weighted by Crippen LogP contribution is -2.47. The third-order valence-electron chi connectivity index (χ3n) is 2.75. The molecule has 0 spiro atoms. The van der Waals surface area contributed by atoms with Crippen LogP contribution in [0, 0.1) is 17.8 Å². The molecule has 0 aromatic rings. The Hall–Kier alpha value is -0.840. The maximum absolute atomic E-state index is 11.4. The zero-order chi connectivity index (χ0) is 12.1. The third-order valence-corrected chi connectivity index (χ3v) is 3.00. The Balaban J connectivity index is 2.04. The first-order valence-electron chi connectivity index (χ1n) is 5.84.